The van der Waals surface area contributed by atoms with E-state index in [1.54, 1.807) is 55.6 Å². The van der Waals surface area contributed by atoms with Gasteiger partial charge in [0.05, 0.1) is 30.9 Å². The summed E-state index contributed by atoms with van der Waals surface area (Å²) < 4.78 is 19.4. The fraction of sp³-hybridized carbons (Fsp3) is 0.111. The minimum atomic E-state index is -0.437. The van der Waals surface area contributed by atoms with Crippen molar-refractivity contribution in [1.82, 2.24) is 9.66 Å². The first-order chi connectivity index (χ1) is 18.3. The Kier molecular flexibility index (Phi) is 8.00. The second kappa shape index (κ2) is 11.4. The van der Waals surface area contributed by atoms with Crippen LogP contribution in [0.2, 0.25) is 5.02 Å². The Labute approximate surface area is 248 Å². The molecule has 0 spiro atoms. The molecule has 11 heteroatoms. The summed E-state index contributed by atoms with van der Waals surface area (Å²) in [5, 5.41) is 6.30. The van der Waals surface area contributed by atoms with Gasteiger partial charge in [0, 0.05) is 10.4 Å². The lowest BCUT2D eigenvalue weighted by Gasteiger charge is -2.11. The molecule has 0 bridgehead atoms. The Bertz CT molecular complexity index is 1760. The molecule has 5 rings (SSSR count). The Morgan fingerprint density at radius 1 is 1.13 bits per heavy atom. The number of aromatic nitrogens is 2. The van der Waals surface area contributed by atoms with Crippen LogP contribution in [0.25, 0.3) is 33.5 Å². The number of carbonyl (C=O) groups is 1. The third-order valence-electron chi connectivity index (χ3n) is 5.44. The number of benzene rings is 3. The Morgan fingerprint density at radius 2 is 1.89 bits per heavy atom. The second-order valence-electron chi connectivity index (χ2n) is 8.01. The number of halogens is 3. The minimum Gasteiger partial charge on any atom is -0.480 e. The van der Waals surface area contributed by atoms with E-state index in [0.29, 0.717) is 39.6 Å². The Balaban J connectivity index is 1.56. The van der Waals surface area contributed by atoms with Crippen molar-refractivity contribution >= 4 is 90.8 Å². The van der Waals surface area contributed by atoms with Gasteiger partial charge in [0.25, 0.3) is 5.56 Å². The number of carbonyl (C=O) groups excluding carboxylic acids is 1. The highest BCUT2D eigenvalue weighted by Gasteiger charge is 2.17. The second-order valence-corrected chi connectivity index (χ2v) is 10.8. The van der Waals surface area contributed by atoms with Gasteiger partial charge in [-0.15, -0.1) is 0 Å². The summed E-state index contributed by atoms with van der Waals surface area (Å²) in [5.74, 6) is 0.779. The minimum absolute atomic E-state index is 0.183. The van der Waals surface area contributed by atoms with Gasteiger partial charge >= 0.3 is 5.97 Å². The van der Waals surface area contributed by atoms with Gasteiger partial charge in [-0.05, 0) is 106 Å². The largest absolute Gasteiger partial charge is 0.480 e. The molecule has 0 aliphatic carbocycles. The molecule has 0 aliphatic rings. The van der Waals surface area contributed by atoms with E-state index in [-0.39, 0.29) is 18.0 Å². The molecule has 0 aliphatic heterocycles. The van der Waals surface area contributed by atoms with Crippen molar-refractivity contribution in [2.45, 2.75) is 6.92 Å². The van der Waals surface area contributed by atoms with E-state index in [4.69, 9.17) is 30.5 Å². The number of fused-ring (bicyclic) bond motifs is 2. The van der Waals surface area contributed by atoms with Crippen LogP contribution in [-0.2, 0) is 9.53 Å². The van der Waals surface area contributed by atoms with Crippen molar-refractivity contribution < 1.29 is 18.7 Å². The zero-order valence-corrected chi connectivity index (χ0v) is 24.9. The number of nitrogens with zero attached hydrogens (tertiary/aromatic N) is 3. The van der Waals surface area contributed by atoms with E-state index >= 15 is 0 Å². The van der Waals surface area contributed by atoms with Crippen LogP contribution in [0.5, 0.6) is 5.75 Å². The molecule has 0 N–H and O–H groups in total. The lowest BCUT2D eigenvalue weighted by Crippen LogP contribution is -2.20. The van der Waals surface area contributed by atoms with E-state index in [1.807, 2.05) is 18.2 Å². The van der Waals surface area contributed by atoms with Gasteiger partial charge in [-0.2, -0.15) is 9.78 Å². The fourth-order valence-electron chi connectivity index (χ4n) is 3.76. The molecule has 192 valence electrons. The standard InChI is InChI=1S/C27H18ClI2N3O5/c1-2-36-24(34)14-37-25-19(29)9-15(10-20(25)30)13-31-33-26(32-21-6-4-3-5-18(21)27(33)35)23-12-16-11-17(28)7-8-22(16)38-23/h3-13H,2,14H2,1H3. The normalized spacial score (nSPS) is 11.5. The smallest absolute Gasteiger partial charge is 0.344 e. The summed E-state index contributed by atoms with van der Waals surface area (Å²) in [6.45, 7) is 1.85. The monoisotopic (exact) mass is 753 g/mol. The Hall–Kier alpha value is -2.97. The average Bonchev–Trinajstić information content (AvgIpc) is 3.31. The summed E-state index contributed by atoms with van der Waals surface area (Å²) in [6, 6.07) is 17.8. The molecule has 8 nitrogen and oxygen atoms in total. The van der Waals surface area contributed by atoms with Crippen LogP contribution in [0.3, 0.4) is 0 Å². The first-order valence-corrected chi connectivity index (χ1v) is 13.9. The summed E-state index contributed by atoms with van der Waals surface area (Å²) in [6.07, 6.45) is 1.57. The molecule has 0 radical (unpaired) electrons. The summed E-state index contributed by atoms with van der Waals surface area (Å²) in [5.41, 5.74) is 1.54. The molecule has 2 heterocycles. The van der Waals surface area contributed by atoms with E-state index in [0.717, 1.165) is 18.1 Å². The molecular formula is C27H18ClI2N3O5. The van der Waals surface area contributed by atoms with Crippen LogP contribution in [0.4, 0.5) is 0 Å². The van der Waals surface area contributed by atoms with Crippen LogP contribution in [-0.4, -0.2) is 35.1 Å². The van der Waals surface area contributed by atoms with Gasteiger partial charge in [0.2, 0.25) is 5.82 Å². The molecule has 0 atom stereocenters. The van der Waals surface area contributed by atoms with Crippen molar-refractivity contribution in [2.24, 2.45) is 5.10 Å². The first kappa shape index (κ1) is 26.6. The van der Waals surface area contributed by atoms with Crippen molar-refractivity contribution in [3.63, 3.8) is 0 Å². The van der Waals surface area contributed by atoms with Crippen LogP contribution < -0.4 is 10.3 Å². The van der Waals surface area contributed by atoms with Crippen LogP contribution in [0.15, 0.2) is 75.0 Å². The SMILES string of the molecule is CCOC(=O)COc1c(I)cc(C=Nn2c(-c3cc4cc(Cl)ccc4o3)nc3ccccc3c2=O)cc1I. The maximum absolute atomic E-state index is 13.5. The molecule has 3 aromatic carbocycles. The summed E-state index contributed by atoms with van der Waals surface area (Å²) in [7, 11) is 0. The van der Waals surface area contributed by atoms with Crippen molar-refractivity contribution in [3.8, 4) is 17.3 Å². The van der Waals surface area contributed by atoms with E-state index in [1.165, 1.54) is 4.68 Å². The Morgan fingerprint density at radius 3 is 2.66 bits per heavy atom. The molecule has 2 aromatic heterocycles. The van der Waals surface area contributed by atoms with Crippen LogP contribution in [0, 0.1) is 7.14 Å². The van der Waals surface area contributed by atoms with Crippen molar-refractivity contribution in [1.29, 1.82) is 0 Å². The van der Waals surface area contributed by atoms with Gasteiger partial charge in [-0.1, -0.05) is 23.7 Å². The zero-order chi connectivity index (χ0) is 26.8. The zero-order valence-electron chi connectivity index (χ0n) is 19.8. The number of hydrogen-bond donors (Lipinski definition) is 0. The van der Waals surface area contributed by atoms with Crippen molar-refractivity contribution in [3.05, 3.63) is 88.7 Å². The molecular weight excluding hydrogens is 736 g/mol. The highest BCUT2D eigenvalue weighted by molar-refractivity contribution is 14.1. The third kappa shape index (κ3) is 5.57. The molecule has 5 aromatic rings. The van der Waals surface area contributed by atoms with Crippen LogP contribution in [0.1, 0.15) is 12.5 Å². The summed E-state index contributed by atoms with van der Waals surface area (Å²) >= 11 is 10.4. The maximum atomic E-state index is 13.5. The average molecular weight is 754 g/mol. The van der Waals surface area contributed by atoms with E-state index < -0.39 is 5.97 Å². The predicted octanol–water partition coefficient (Wildman–Crippen LogP) is 6.50. The molecule has 38 heavy (non-hydrogen) atoms. The number of para-hydroxylation sites is 1. The number of esters is 1. The van der Waals surface area contributed by atoms with Gasteiger partial charge in [0.1, 0.15) is 11.3 Å². The fourth-order valence-corrected chi connectivity index (χ4v) is 6.07. The summed E-state index contributed by atoms with van der Waals surface area (Å²) in [4.78, 5) is 29.9. The number of ether oxygens (including phenoxy) is 2. The quantitative estimate of drug-likeness (QED) is 0.107. The van der Waals surface area contributed by atoms with E-state index in [2.05, 4.69) is 50.3 Å². The van der Waals surface area contributed by atoms with E-state index in [9.17, 15) is 9.59 Å². The molecule has 0 fully saturated rings. The maximum Gasteiger partial charge on any atom is 0.344 e. The third-order valence-corrected chi connectivity index (χ3v) is 7.27. The topological polar surface area (TPSA) is 95.9 Å². The van der Waals surface area contributed by atoms with Gasteiger partial charge in [-0.3, -0.25) is 4.79 Å². The lowest BCUT2D eigenvalue weighted by molar-refractivity contribution is -0.145. The molecule has 0 unspecified atom stereocenters. The molecule has 0 saturated carbocycles. The number of rotatable bonds is 7. The van der Waals surface area contributed by atoms with Gasteiger partial charge in [-0.25, -0.2) is 9.78 Å². The number of hydrogen-bond acceptors (Lipinski definition) is 7. The predicted molar refractivity (Wildman–Crippen MR) is 163 cm³/mol. The van der Waals surface area contributed by atoms with Crippen molar-refractivity contribution in [2.75, 3.05) is 13.2 Å². The first-order valence-electron chi connectivity index (χ1n) is 11.4. The van der Waals surface area contributed by atoms with Crippen LogP contribution >= 0.6 is 56.8 Å². The van der Waals surface area contributed by atoms with Gasteiger partial charge in [0.15, 0.2) is 12.4 Å². The van der Waals surface area contributed by atoms with Gasteiger partial charge < -0.3 is 13.9 Å². The molecule has 0 amide bonds. The highest BCUT2D eigenvalue weighted by Crippen LogP contribution is 2.30. The number of furan rings is 1. The highest BCUT2D eigenvalue weighted by atomic mass is 127. The molecule has 0 saturated heterocycles. The lowest BCUT2D eigenvalue weighted by atomic mass is 10.2.